The van der Waals surface area contributed by atoms with E-state index in [1.165, 1.54) is 11.8 Å². The van der Waals surface area contributed by atoms with Gasteiger partial charge in [0.2, 0.25) is 5.91 Å². The molecule has 1 aromatic carbocycles. The van der Waals surface area contributed by atoms with Crippen LogP contribution in [0.25, 0.3) is 0 Å². The third-order valence-electron chi connectivity index (χ3n) is 2.47. The zero-order chi connectivity index (χ0) is 13.4. The van der Waals surface area contributed by atoms with Crippen LogP contribution in [0.1, 0.15) is 19.8 Å². The van der Waals surface area contributed by atoms with Crippen molar-refractivity contribution in [3.63, 3.8) is 0 Å². The van der Waals surface area contributed by atoms with Crippen LogP contribution < -0.4 is 5.32 Å². The van der Waals surface area contributed by atoms with E-state index in [1.807, 2.05) is 25.1 Å². The summed E-state index contributed by atoms with van der Waals surface area (Å²) in [6, 6.07) is 7.45. The highest BCUT2D eigenvalue weighted by atomic mass is 35.5. The van der Waals surface area contributed by atoms with Gasteiger partial charge in [-0.25, -0.2) is 0 Å². The first-order valence-electron chi connectivity index (χ1n) is 5.95. The Morgan fingerprint density at radius 3 is 2.89 bits per heavy atom. The standard InChI is InChI=1S/C13H18ClNO2S/c1-2-10(16)7-8-15-13(17)9-18-12-6-4-3-5-11(12)14/h3-6,10,16H,2,7-9H2,1H3,(H,15,17). The van der Waals surface area contributed by atoms with Gasteiger partial charge in [0.25, 0.3) is 0 Å². The highest BCUT2D eigenvalue weighted by Gasteiger charge is 2.06. The van der Waals surface area contributed by atoms with Gasteiger partial charge in [0.05, 0.1) is 16.9 Å². The number of aliphatic hydroxyl groups excluding tert-OH is 1. The summed E-state index contributed by atoms with van der Waals surface area (Å²) in [4.78, 5) is 12.4. The predicted molar refractivity (Wildman–Crippen MR) is 76.1 cm³/mol. The lowest BCUT2D eigenvalue weighted by Crippen LogP contribution is -2.28. The minimum atomic E-state index is -0.332. The lowest BCUT2D eigenvalue weighted by atomic mass is 10.2. The van der Waals surface area contributed by atoms with Gasteiger partial charge >= 0.3 is 0 Å². The van der Waals surface area contributed by atoms with Crippen molar-refractivity contribution in [1.82, 2.24) is 5.32 Å². The Hall–Kier alpha value is -0.710. The Kier molecular flexibility index (Phi) is 7.16. The Balaban J connectivity index is 2.23. The van der Waals surface area contributed by atoms with E-state index in [9.17, 15) is 9.90 Å². The quantitative estimate of drug-likeness (QED) is 0.758. The molecule has 0 aliphatic rings. The molecule has 100 valence electrons. The Labute approximate surface area is 117 Å². The number of carbonyl (C=O) groups is 1. The van der Waals surface area contributed by atoms with Gasteiger partial charge < -0.3 is 10.4 Å². The molecular formula is C13H18ClNO2S. The second-order valence-corrected chi connectivity index (χ2v) is 5.34. The molecule has 0 bridgehead atoms. The highest BCUT2D eigenvalue weighted by molar-refractivity contribution is 8.00. The predicted octanol–water partition coefficient (Wildman–Crippen LogP) is 2.71. The molecule has 0 aliphatic heterocycles. The molecule has 0 aromatic heterocycles. The van der Waals surface area contributed by atoms with E-state index in [0.29, 0.717) is 30.2 Å². The fraction of sp³-hybridized carbons (Fsp3) is 0.462. The summed E-state index contributed by atoms with van der Waals surface area (Å²) in [7, 11) is 0. The van der Waals surface area contributed by atoms with Crippen LogP contribution in [-0.2, 0) is 4.79 Å². The maximum Gasteiger partial charge on any atom is 0.230 e. The Morgan fingerprint density at radius 2 is 2.22 bits per heavy atom. The number of benzene rings is 1. The zero-order valence-corrected chi connectivity index (χ0v) is 11.9. The van der Waals surface area contributed by atoms with E-state index in [2.05, 4.69) is 5.32 Å². The zero-order valence-electron chi connectivity index (χ0n) is 10.4. The van der Waals surface area contributed by atoms with E-state index < -0.39 is 0 Å². The molecule has 1 atom stereocenters. The molecule has 0 aliphatic carbocycles. The average molecular weight is 288 g/mol. The van der Waals surface area contributed by atoms with Gasteiger partial charge in [-0.1, -0.05) is 30.7 Å². The van der Waals surface area contributed by atoms with Crippen molar-refractivity contribution in [1.29, 1.82) is 0 Å². The maximum absolute atomic E-state index is 11.5. The molecule has 0 spiro atoms. The minimum absolute atomic E-state index is 0.0387. The SMILES string of the molecule is CCC(O)CCNC(=O)CSc1ccccc1Cl. The molecule has 0 heterocycles. The molecule has 5 heteroatoms. The smallest absolute Gasteiger partial charge is 0.230 e. The Bertz CT molecular complexity index is 387. The lowest BCUT2D eigenvalue weighted by molar-refractivity contribution is -0.118. The number of hydrogen-bond acceptors (Lipinski definition) is 3. The van der Waals surface area contributed by atoms with Crippen LogP contribution in [-0.4, -0.2) is 29.4 Å². The van der Waals surface area contributed by atoms with Crippen molar-refractivity contribution in [3.05, 3.63) is 29.3 Å². The van der Waals surface area contributed by atoms with Crippen LogP contribution in [0.2, 0.25) is 5.02 Å². The van der Waals surface area contributed by atoms with Crippen LogP contribution in [0.15, 0.2) is 29.2 Å². The summed E-state index contributed by atoms with van der Waals surface area (Å²) in [6.45, 7) is 2.43. The monoisotopic (exact) mass is 287 g/mol. The van der Waals surface area contributed by atoms with Crippen LogP contribution in [0.5, 0.6) is 0 Å². The third kappa shape index (κ3) is 5.76. The number of aliphatic hydroxyl groups is 1. The van der Waals surface area contributed by atoms with Crippen molar-refractivity contribution in [3.8, 4) is 0 Å². The molecule has 1 aromatic rings. The summed E-state index contributed by atoms with van der Waals surface area (Å²) < 4.78 is 0. The fourth-order valence-electron chi connectivity index (χ4n) is 1.34. The van der Waals surface area contributed by atoms with Crippen molar-refractivity contribution in [2.24, 2.45) is 0 Å². The van der Waals surface area contributed by atoms with Gasteiger partial charge in [-0.2, -0.15) is 0 Å². The number of nitrogens with one attached hydrogen (secondary N) is 1. The van der Waals surface area contributed by atoms with E-state index in [4.69, 9.17) is 11.6 Å². The van der Waals surface area contributed by atoms with E-state index in [0.717, 1.165) is 4.90 Å². The van der Waals surface area contributed by atoms with Gasteiger partial charge in [-0.3, -0.25) is 4.79 Å². The first kappa shape index (κ1) is 15.3. The molecule has 0 fully saturated rings. The van der Waals surface area contributed by atoms with Gasteiger partial charge in [-0.05, 0) is 25.0 Å². The average Bonchev–Trinajstić information content (AvgIpc) is 2.37. The lowest BCUT2D eigenvalue weighted by Gasteiger charge is -2.09. The molecule has 0 saturated carbocycles. The summed E-state index contributed by atoms with van der Waals surface area (Å²) >= 11 is 7.40. The third-order valence-corrected chi connectivity index (χ3v) is 3.98. The van der Waals surface area contributed by atoms with Gasteiger partial charge in [0.15, 0.2) is 0 Å². The normalized spacial score (nSPS) is 12.2. The van der Waals surface area contributed by atoms with Gasteiger partial charge in [0, 0.05) is 11.4 Å². The summed E-state index contributed by atoms with van der Waals surface area (Å²) in [6.07, 6.45) is 0.977. The number of thioether (sulfide) groups is 1. The molecular weight excluding hydrogens is 270 g/mol. The number of rotatable bonds is 7. The van der Waals surface area contributed by atoms with Crippen molar-refractivity contribution in [2.45, 2.75) is 30.8 Å². The topological polar surface area (TPSA) is 49.3 Å². The Morgan fingerprint density at radius 1 is 1.50 bits per heavy atom. The summed E-state index contributed by atoms with van der Waals surface area (Å²) in [5, 5.41) is 12.8. The molecule has 0 radical (unpaired) electrons. The molecule has 1 amide bonds. The molecule has 1 rings (SSSR count). The highest BCUT2D eigenvalue weighted by Crippen LogP contribution is 2.26. The van der Waals surface area contributed by atoms with Crippen LogP contribution >= 0.6 is 23.4 Å². The second-order valence-electron chi connectivity index (χ2n) is 3.92. The summed E-state index contributed by atoms with van der Waals surface area (Å²) in [5.74, 6) is 0.301. The molecule has 2 N–H and O–H groups in total. The fourth-order valence-corrected chi connectivity index (χ4v) is 2.41. The second kappa shape index (κ2) is 8.40. The van der Waals surface area contributed by atoms with Crippen LogP contribution in [0.3, 0.4) is 0 Å². The number of carbonyl (C=O) groups excluding carboxylic acids is 1. The molecule has 3 nitrogen and oxygen atoms in total. The largest absolute Gasteiger partial charge is 0.393 e. The van der Waals surface area contributed by atoms with E-state index in [-0.39, 0.29) is 12.0 Å². The van der Waals surface area contributed by atoms with E-state index in [1.54, 1.807) is 6.07 Å². The van der Waals surface area contributed by atoms with Crippen LogP contribution in [0, 0.1) is 0 Å². The van der Waals surface area contributed by atoms with Gasteiger partial charge in [0.1, 0.15) is 0 Å². The van der Waals surface area contributed by atoms with Crippen LogP contribution in [0.4, 0.5) is 0 Å². The molecule has 18 heavy (non-hydrogen) atoms. The maximum atomic E-state index is 11.5. The number of halogens is 1. The number of amides is 1. The minimum Gasteiger partial charge on any atom is -0.393 e. The number of hydrogen-bond donors (Lipinski definition) is 2. The van der Waals surface area contributed by atoms with Crippen molar-refractivity contribution < 1.29 is 9.90 Å². The van der Waals surface area contributed by atoms with Gasteiger partial charge in [-0.15, -0.1) is 11.8 Å². The molecule has 0 saturated heterocycles. The van der Waals surface area contributed by atoms with E-state index >= 15 is 0 Å². The van der Waals surface area contributed by atoms with Crippen molar-refractivity contribution >= 4 is 29.3 Å². The van der Waals surface area contributed by atoms with Crippen molar-refractivity contribution in [2.75, 3.05) is 12.3 Å². The molecule has 1 unspecified atom stereocenters. The summed E-state index contributed by atoms with van der Waals surface area (Å²) in [5.41, 5.74) is 0. The first-order valence-corrected chi connectivity index (χ1v) is 7.32. The first-order chi connectivity index (χ1) is 8.63.